The number of hydrogen-bond acceptors (Lipinski definition) is 2. The van der Waals surface area contributed by atoms with E-state index in [-0.39, 0.29) is 6.42 Å². The summed E-state index contributed by atoms with van der Waals surface area (Å²) in [7, 11) is 0. The molecule has 0 aliphatic rings. The minimum atomic E-state index is -4.53. The van der Waals surface area contributed by atoms with Crippen LogP contribution in [0.5, 0.6) is 0 Å². The Morgan fingerprint density at radius 3 is 2.54 bits per heavy atom. The molecule has 1 unspecified atom stereocenters. The van der Waals surface area contributed by atoms with Crippen molar-refractivity contribution in [2.75, 3.05) is 0 Å². The Kier molecular flexibility index (Phi) is 3.37. The Bertz CT molecular complexity index is 284. The molecule has 74 valence electrons. The zero-order chi connectivity index (χ0) is 10.1. The predicted molar refractivity (Wildman–Crippen MR) is 47.8 cm³/mol. The van der Waals surface area contributed by atoms with Gasteiger partial charge in [-0.15, -0.1) is 11.3 Å². The summed E-state index contributed by atoms with van der Waals surface area (Å²) in [5, 5.41) is 10.3. The van der Waals surface area contributed by atoms with Gasteiger partial charge in [-0.3, -0.25) is 0 Å². The van der Waals surface area contributed by atoms with E-state index in [9.17, 15) is 13.2 Å². The fraction of sp³-hybridized carbons (Fsp3) is 0.429. The predicted octanol–water partition coefficient (Wildman–Crippen LogP) is 2.98. The third-order valence-corrected chi connectivity index (χ3v) is 2.98. The van der Waals surface area contributed by atoms with Gasteiger partial charge in [0.05, 0.1) is 3.79 Å². The van der Waals surface area contributed by atoms with Gasteiger partial charge in [0, 0.05) is 6.42 Å². The van der Waals surface area contributed by atoms with Crippen LogP contribution in [0.2, 0.25) is 0 Å². The standard InChI is InChI=1S/C7H6BrF3OS/c8-6-2-4(3-13-6)1-5(12)7(9,10)11/h2-3,5,12H,1H2. The SMILES string of the molecule is OC(Cc1csc(Br)c1)C(F)(F)F. The van der Waals surface area contributed by atoms with Crippen LogP contribution >= 0.6 is 27.3 Å². The summed E-state index contributed by atoms with van der Waals surface area (Å²) < 4.78 is 36.4. The van der Waals surface area contributed by atoms with E-state index in [1.807, 2.05) is 0 Å². The minimum Gasteiger partial charge on any atom is -0.383 e. The third-order valence-electron chi connectivity index (χ3n) is 1.43. The quantitative estimate of drug-likeness (QED) is 0.879. The van der Waals surface area contributed by atoms with Crippen molar-refractivity contribution in [3.8, 4) is 0 Å². The molecule has 1 aromatic heterocycles. The van der Waals surface area contributed by atoms with Gasteiger partial charge < -0.3 is 5.11 Å². The first-order valence-corrected chi connectivity index (χ1v) is 5.04. The molecule has 0 amide bonds. The highest BCUT2D eigenvalue weighted by Crippen LogP contribution is 2.26. The maximum atomic E-state index is 11.9. The van der Waals surface area contributed by atoms with Gasteiger partial charge in [0.2, 0.25) is 0 Å². The molecule has 1 aromatic rings. The molecular formula is C7H6BrF3OS. The molecule has 1 heterocycles. The largest absolute Gasteiger partial charge is 0.414 e. The minimum absolute atomic E-state index is 0.383. The number of alkyl halides is 3. The van der Waals surface area contributed by atoms with Crippen molar-refractivity contribution in [3.63, 3.8) is 0 Å². The summed E-state index contributed by atoms with van der Waals surface area (Å²) in [5.74, 6) is 0. The molecular weight excluding hydrogens is 269 g/mol. The average Bonchev–Trinajstić information content (AvgIpc) is 2.33. The molecule has 0 aliphatic carbocycles. The first-order valence-electron chi connectivity index (χ1n) is 3.37. The zero-order valence-electron chi connectivity index (χ0n) is 6.31. The van der Waals surface area contributed by atoms with Crippen LogP contribution in [0.25, 0.3) is 0 Å². The monoisotopic (exact) mass is 274 g/mol. The zero-order valence-corrected chi connectivity index (χ0v) is 8.71. The normalized spacial score (nSPS) is 14.5. The number of hydrogen-bond donors (Lipinski definition) is 1. The van der Waals surface area contributed by atoms with E-state index in [1.54, 1.807) is 11.4 Å². The molecule has 0 spiro atoms. The van der Waals surface area contributed by atoms with Crippen molar-refractivity contribution in [1.29, 1.82) is 0 Å². The van der Waals surface area contributed by atoms with Gasteiger partial charge in [0.15, 0.2) is 6.10 Å². The summed E-state index contributed by atoms with van der Waals surface area (Å²) in [6.07, 6.45) is -7.19. The molecule has 1 N–H and O–H groups in total. The Balaban J connectivity index is 2.60. The molecule has 0 saturated carbocycles. The van der Waals surface area contributed by atoms with Crippen LogP contribution in [0.15, 0.2) is 15.2 Å². The molecule has 1 rings (SSSR count). The van der Waals surface area contributed by atoms with Gasteiger partial charge in [-0.05, 0) is 32.9 Å². The fourth-order valence-corrected chi connectivity index (χ4v) is 2.01. The van der Waals surface area contributed by atoms with Crippen LogP contribution in [0.3, 0.4) is 0 Å². The van der Waals surface area contributed by atoms with Crippen molar-refractivity contribution in [1.82, 2.24) is 0 Å². The molecule has 1 nitrogen and oxygen atoms in total. The van der Waals surface area contributed by atoms with E-state index in [4.69, 9.17) is 5.11 Å². The number of halogens is 4. The smallest absolute Gasteiger partial charge is 0.383 e. The van der Waals surface area contributed by atoms with Crippen LogP contribution < -0.4 is 0 Å². The Morgan fingerprint density at radius 1 is 1.54 bits per heavy atom. The summed E-state index contributed by atoms with van der Waals surface area (Å²) >= 11 is 4.42. The molecule has 0 aromatic carbocycles. The van der Waals surface area contributed by atoms with Crippen molar-refractivity contribution in [2.24, 2.45) is 0 Å². The maximum Gasteiger partial charge on any atom is 0.414 e. The molecule has 0 bridgehead atoms. The number of thiophene rings is 1. The molecule has 1 atom stereocenters. The first-order chi connectivity index (χ1) is 5.89. The van der Waals surface area contributed by atoms with Crippen LogP contribution in [0.4, 0.5) is 13.2 Å². The molecule has 6 heteroatoms. The average molecular weight is 275 g/mol. The lowest BCUT2D eigenvalue weighted by Gasteiger charge is -2.12. The van der Waals surface area contributed by atoms with E-state index in [2.05, 4.69) is 15.9 Å². The Hall–Kier alpha value is -0.0700. The summed E-state index contributed by atoms with van der Waals surface area (Å²) in [6.45, 7) is 0. The molecule has 0 fully saturated rings. The second kappa shape index (κ2) is 3.98. The summed E-state index contributed by atoms with van der Waals surface area (Å²) in [5.41, 5.74) is 0.488. The van der Waals surface area contributed by atoms with Crippen molar-refractivity contribution >= 4 is 27.3 Å². The molecule has 13 heavy (non-hydrogen) atoms. The van der Waals surface area contributed by atoms with Gasteiger partial charge in [0.1, 0.15) is 0 Å². The van der Waals surface area contributed by atoms with E-state index >= 15 is 0 Å². The van der Waals surface area contributed by atoms with Crippen molar-refractivity contribution < 1.29 is 18.3 Å². The van der Waals surface area contributed by atoms with E-state index < -0.39 is 12.3 Å². The fourth-order valence-electron chi connectivity index (χ4n) is 0.792. The van der Waals surface area contributed by atoms with Gasteiger partial charge in [-0.2, -0.15) is 13.2 Å². The summed E-state index contributed by atoms with van der Waals surface area (Å²) in [4.78, 5) is 0. The number of aliphatic hydroxyl groups excluding tert-OH is 1. The molecule has 0 radical (unpaired) electrons. The van der Waals surface area contributed by atoms with Crippen molar-refractivity contribution in [2.45, 2.75) is 18.7 Å². The van der Waals surface area contributed by atoms with Gasteiger partial charge in [-0.25, -0.2) is 0 Å². The van der Waals surface area contributed by atoms with Gasteiger partial charge >= 0.3 is 6.18 Å². The molecule has 0 aliphatic heterocycles. The third kappa shape index (κ3) is 3.28. The lowest BCUT2D eigenvalue weighted by Crippen LogP contribution is -2.30. The first kappa shape index (κ1) is 11.0. The van der Waals surface area contributed by atoms with Crippen LogP contribution in [0.1, 0.15) is 5.56 Å². The molecule has 0 saturated heterocycles. The highest BCUT2D eigenvalue weighted by atomic mass is 79.9. The Morgan fingerprint density at radius 2 is 2.15 bits per heavy atom. The van der Waals surface area contributed by atoms with Crippen LogP contribution in [0, 0.1) is 0 Å². The van der Waals surface area contributed by atoms with E-state index in [0.717, 1.165) is 3.79 Å². The number of rotatable bonds is 2. The van der Waals surface area contributed by atoms with Gasteiger partial charge in [0.25, 0.3) is 0 Å². The van der Waals surface area contributed by atoms with Crippen LogP contribution in [-0.2, 0) is 6.42 Å². The van der Waals surface area contributed by atoms with Gasteiger partial charge in [-0.1, -0.05) is 0 Å². The highest BCUT2D eigenvalue weighted by molar-refractivity contribution is 9.11. The maximum absolute atomic E-state index is 11.9. The summed E-state index contributed by atoms with van der Waals surface area (Å²) in [6, 6.07) is 1.57. The lowest BCUT2D eigenvalue weighted by atomic mass is 10.1. The second-order valence-corrected chi connectivity index (χ2v) is 4.81. The van der Waals surface area contributed by atoms with Crippen molar-refractivity contribution in [3.05, 3.63) is 20.8 Å². The van der Waals surface area contributed by atoms with E-state index in [0.29, 0.717) is 5.56 Å². The topological polar surface area (TPSA) is 20.2 Å². The second-order valence-electron chi connectivity index (χ2n) is 2.52. The lowest BCUT2D eigenvalue weighted by molar-refractivity contribution is -0.203. The highest BCUT2D eigenvalue weighted by Gasteiger charge is 2.38. The van der Waals surface area contributed by atoms with Crippen LogP contribution in [-0.4, -0.2) is 17.4 Å². The van der Waals surface area contributed by atoms with E-state index in [1.165, 1.54) is 11.3 Å². The number of aliphatic hydroxyl groups is 1. The Labute approximate surface area is 85.3 Å².